The maximum absolute atomic E-state index is 13.1. The van der Waals surface area contributed by atoms with E-state index in [2.05, 4.69) is 16.0 Å². The third-order valence-electron chi connectivity index (χ3n) is 7.21. The molecule has 0 bridgehead atoms. The van der Waals surface area contributed by atoms with E-state index >= 15 is 0 Å². The molecule has 0 aromatic heterocycles. The van der Waals surface area contributed by atoms with Crippen LogP contribution in [0.25, 0.3) is 0 Å². The Hall–Kier alpha value is -4.25. The fourth-order valence-electron chi connectivity index (χ4n) is 4.90. The van der Waals surface area contributed by atoms with Crippen molar-refractivity contribution in [1.82, 2.24) is 20.9 Å². The van der Waals surface area contributed by atoms with Crippen molar-refractivity contribution in [3.05, 3.63) is 123 Å². The number of thiocarbonyl (C=S) groups is 2. The molecule has 0 aliphatic carbocycles. The molecule has 0 amide bonds. The lowest BCUT2D eigenvalue weighted by atomic mass is 9.89. The van der Waals surface area contributed by atoms with Crippen LogP contribution in [0.2, 0.25) is 5.02 Å². The van der Waals surface area contributed by atoms with Gasteiger partial charge in [0.15, 0.2) is 16.0 Å². The van der Waals surface area contributed by atoms with Crippen LogP contribution in [0.3, 0.4) is 0 Å². The molecule has 8 nitrogen and oxygen atoms in total. The average Bonchev–Trinajstić information content (AvgIpc) is 3.00. The summed E-state index contributed by atoms with van der Waals surface area (Å²) in [4.78, 5) is 27.1. The summed E-state index contributed by atoms with van der Waals surface area (Å²) in [5.41, 5.74) is 5.07. The number of Topliss-reactive ketones (excluding diaryl/α,β-unsaturated/α-hetero) is 1. The summed E-state index contributed by atoms with van der Waals surface area (Å²) in [5, 5.41) is 20.4. The molecule has 2 aliphatic heterocycles. The van der Waals surface area contributed by atoms with Gasteiger partial charge in [-0.1, -0.05) is 66.2 Å². The van der Waals surface area contributed by atoms with E-state index in [0.29, 0.717) is 44.3 Å². The molecule has 2 unspecified atom stereocenters. The molecule has 0 fully saturated rings. The first-order valence-electron chi connectivity index (χ1n) is 13.9. The number of benzene rings is 3. The van der Waals surface area contributed by atoms with Crippen molar-refractivity contribution in [3.63, 3.8) is 0 Å². The first-order chi connectivity index (χ1) is 21.0. The van der Waals surface area contributed by atoms with Crippen molar-refractivity contribution in [3.8, 4) is 5.75 Å². The highest BCUT2D eigenvalue weighted by atomic mass is 35.5. The number of carbonyl (C=O) groups excluding carboxylic acids is 2. The fraction of sp³-hybridized carbons (Fsp3) is 0.212. The second-order valence-electron chi connectivity index (χ2n) is 10.1. The van der Waals surface area contributed by atoms with Gasteiger partial charge in [0, 0.05) is 34.6 Å². The average molecular weight is 649 g/mol. The summed E-state index contributed by atoms with van der Waals surface area (Å²) >= 11 is 16.6. The first-order valence-corrected chi connectivity index (χ1v) is 15.1. The molecule has 0 spiro atoms. The van der Waals surface area contributed by atoms with Crippen molar-refractivity contribution >= 4 is 58.0 Å². The lowest BCUT2D eigenvalue weighted by Gasteiger charge is -2.36. The predicted molar refractivity (Wildman–Crippen MR) is 180 cm³/mol. The summed E-state index contributed by atoms with van der Waals surface area (Å²) in [5.74, 6) is -0.212. The number of hydrogen-bond acceptors (Lipinski definition) is 6. The Morgan fingerprint density at radius 1 is 0.909 bits per heavy atom. The van der Waals surface area contributed by atoms with E-state index in [0.717, 1.165) is 16.8 Å². The van der Waals surface area contributed by atoms with E-state index in [-0.39, 0.29) is 29.6 Å². The third kappa shape index (κ3) is 7.45. The molecule has 5 rings (SSSR count). The number of aromatic hydroxyl groups is 1. The van der Waals surface area contributed by atoms with E-state index in [1.165, 1.54) is 0 Å². The monoisotopic (exact) mass is 648 g/mol. The van der Waals surface area contributed by atoms with Gasteiger partial charge in [0.2, 0.25) is 0 Å². The lowest BCUT2D eigenvalue weighted by Crippen LogP contribution is -2.45. The normalized spacial score (nSPS) is 18.0. The number of esters is 1. The van der Waals surface area contributed by atoms with Crippen LogP contribution in [-0.2, 0) is 9.53 Å². The summed E-state index contributed by atoms with van der Waals surface area (Å²) in [6, 6.07) is 22.6. The van der Waals surface area contributed by atoms with Crippen LogP contribution in [0.1, 0.15) is 54.3 Å². The molecular formula is C33H33ClN4O4S2. The van der Waals surface area contributed by atoms with Crippen molar-refractivity contribution in [1.29, 1.82) is 0 Å². The van der Waals surface area contributed by atoms with E-state index in [9.17, 15) is 14.7 Å². The van der Waals surface area contributed by atoms with Crippen LogP contribution in [-0.4, -0.2) is 45.6 Å². The zero-order valence-electron chi connectivity index (χ0n) is 24.7. The zero-order chi connectivity index (χ0) is 32.0. The minimum absolute atomic E-state index is 0.0342. The van der Waals surface area contributed by atoms with E-state index in [4.69, 9.17) is 40.8 Å². The van der Waals surface area contributed by atoms with Crippen LogP contribution in [0.5, 0.6) is 5.75 Å². The molecule has 2 heterocycles. The Morgan fingerprint density at radius 3 is 2.20 bits per heavy atom. The van der Waals surface area contributed by atoms with Gasteiger partial charge >= 0.3 is 5.97 Å². The van der Waals surface area contributed by atoms with Crippen LogP contribution in [0, 0.1) is 0 Å². The van der Waals surface area contributed by atoms with Gasteiger partial charge in [-0.25, -0.2) is 4.79 Å². The smallest absolute Gasteiger partial charge is 0.338 e. The minimum Gasteiger partial charge on any atom is -0.508 e. The Balaban J connectivity index is 0.000000204. The SMILES string of the molecule is CC1=C(C(=O)c2ccccc2)C(c2ccc(O)cc2)NC(=S)N1C.CCOC(=O)C1=C(C)NC(=S)NC1c1cccc(Cl)c1. The van der Waals surface area contributed by atoms with Gasteiger partial charge in [-0.05, 0) is 80.6 Å². The number of rotatable bonds is 6. The molecule has 2 atom stereocenters. The van der Waals surface area contributed by atoms with Crippen molar-refractivity contribution in [2.24, 2.45) is 0 Å². The van der Waals surface area contributed by atoms with Gasteiger partial charge in [0.1, 0.15) is 5.75 Å². The number of halogens is 1. The van der Waals surface area contributed by atoms with E-state index in [1.54, 1.807) is 50.2 Å². The number of ether oxygens (including phenoxy) is 1. The van der Waals surface area contributed by atoms with Crippen molar-refractivity contribution in [2.75, 3.05) is 13.7 Å². The van der Waals surface area contributed by atoms with Crippen LogP contribution in [0.15, 0.2) is 101 Å². The molecule has 4 N–H and O–H groups in total. The Bertz CT molecular complexity index is 1640. The number of nitrogens with one attached hydrogen (secondary N) is 3. The largest absolute Gasteiger partial charge is 0.508 e. The standard InChI is InChI=1S/C19H18N2O2S.C14H15ClN2O2S/c1-12-16(18(23)14-6-4-3-5-7-14)17(20-19(24)21(12)2)13-8-10-15(22)11-9-13;1-3-19-13(18)11-8(2)16-14(20)17-12(11)9-5-4-6-10(15)7-9/h3-11,17,22H,1-2H3,(H,20,24);4-7,12H,3H2,1-2H3,(H2,16,17,20). The highest BCUT2D eigenvalue weighted by Gasteiger charge is 2.33. The zero-order valence-corrected chi connectivity index (χ0v) is 27.1. The summed E-state index contributed by atoms with van der Waals surface area (Å²) in [7, 11) is 1.84. The number of carbonyl (C=O) groups is 2. The molecule has 0 saturated heterocycles. The second kappa shape index (κ2) is 14.5. The predicted octanol–water partition coefficient (Wildman–Crippen LogP) is 6.11. The molecule has 2 aliphatic rings. The van der Waals surface area contributed by atoms with Crippen LogP contribution in [0.4, 0.5) is 0 Å². The minimum atomic E-state index is -0.363. The lowest BCUT2D eigenvalue weighted by molar-refractivity contribution is -0.139. The van der Waals surface area contributed by atoms with Crippen molar-refractivity contribution in [2.45, 2.75) is 32.9 Å². The van der Waals surface area contributed by atoms with Gasteiger partial charge < -0.3 is 30.7 Å². The Kier molecular flexibility index (Phi) is 10.7. The number of phenolic OH excluding ortho intramolecular Hbond substituents is 1. The molecule has 3 aromatic rings. The van der Waals surface area contributed by atoms with Crippen LogP contribution < -0.4 is 16.0 Å². The molecule has 11 heteroatoms. The summed E-state index contributed by atoms with van der Waals surface area (Å²) in [6.45, 7) is 5.80. The number of allylic oxidation sites excluding steroid dienone is 2. The summed E-state index contributed by atoms with van der Waals surface area (Å²) in [6.07, 6.45) is 0. The maximum Gasteiger partial charge on any atom is 0.338 e. The Labute approximate surface area is 272 Å². The van der Waals surface area contributed by atoms with Gasteiger partial charge in [-0.2, -0.15) is 0 Å². The second-order valence-corrected chi connectivity index (χ2v) is 11.3. The molecule has 44 heavy (non-hydrogen) atoms. The number of hydrogen-bond donors (Lipinski definition) is 4. The molecular weight excluding hydrogens is 616 g/mol. The number of ketones is 1. The van der Waals surface area contributed by atoms with Crippen molar-refractivity contribution < 1.29 is 19.4 Å². The summed E-state index contributed by atoms with van der Waals surface area (Å²) < 4.78 is 5.12. The van der Waals surface area contributed by atoms with E-state index < -0.39 is 0 Å². The maximum atomic E-state index is 13.1. The third-order valence-corrected chi connectivity index (χ3v) is 8.05. The quantitative estimate of drug-likeness (QED) is 0.142. The molecule has 3 aromatic carbocycles. The number of phenols is 1. The highest BCUT2D eigenvalue weighted by molar-refractivity contribution is 7.80. The fourth-order valence-corrected chi connectivity index (χ4v) is 5.63. The molecule has 0 radical (unpaired) electrons. The number of nitrogens with zero attached hydrogens (tertiary/aromatic N) is 1. The van der Waals surface area contributed by atoms with Gasteiger partial charge in [0.25, 0.3) is 0 Å². The van der Waals surface area contributed by atoms with Gasteiger partial charge in [-0.15, -0.1) is 0 Å². The topological polar surface area (TPSA) is 103 Å². The van der Waals surface area contributed by atoms with Crippen LogP contribution >= 0.6 is 36.0 Å². The van der Waals surface area contributed by atoms with Gasteiger partial charge in [0.05, 0.1) is 24.3 Å². The molecule has 0 saturated carbocycles. The van der Waals surface area contributed by atoms with Gasteiger partial charge in [-0.3, -0.25) is 4.79 Å². The highest BCUT2D eigenvalue weighted by Crippen LogP contribution is 2.33. The van der Waals surface area contributed by atoms with E-state index in [1.807, 2.05) is 61.3 Å². The molecule has 228 valence electrons. The first kappa shape index (κ1) is 32.7. The Morgan fingerprint density at radius 2 is 1.57 bits per heavy atom.